The third-order valence-electron chi connectivity index (χ3n) is 3.90. The van der Waals surface area contributed by atoms with Crippen molar-refractivity contribution in [1.82, 2.24) is 4.98 Å². The highest BCUT2D eigenvalue weighted by molar-refractivity contribution is 7.22. The van der Waals surface area contributed by atoms with E-state index in [9.17, 15) is 9.59 Å². The number of hydrogen-bond donors (Lipinski definition) is 2. The molecule has 0 unspecified atom stereocenters. The molecule has 0 radical (unpaired) electrons. The molecule has 3 aromatic rings. The van der Waals surface area contributed by atoms with Crippen LogP contribution in [0.15, 0.2) is 36.4 Å². The molecule has 0 fully saturated rings. The molecule has 156 valence electrons. The smallest absolute Gasteiger partial charge is 0.248 e. The van der Waals surface area contributed by atoms with Crippen molar-refractivity contribution in [2.24, 2.45) is 0 Å². The van der Waals surface area contributed by atoms with Gasteiger partial charge in [-0.2, -0.15) is 0 Å². The molecule has 1 heterocycles. The molecule has 0 atom stereocenters. The van der Waals surface area contributed by atoms with Crippen LogP contribution < -0.4 is 20.1 Å². The molecule has 1 aromatic heterocycles. The van der Waals surface area contributed by atoms with Gasteiger partial charge in [0.15, 0.2) is 16.6 Å². The maximum Gasteiger partial charge on any atom is 0.248 e. The second kappa shape index (κ2) is 9.60. The van der Waals surface area contributed by atoms with E-state index in [1.54, 1.807) is 30.3 Å². The fraction of sp³-hybridized carbons (Fsp3) is 0.190. The molecule has 9 heteroatoms. The normalized spacial score (nSPS) is 10.9. The number of carbonyl (C=O) groups is 2. The Balaban J connectivity index is 1.73. The molecule has 0 aliphatic carbocycles. The monoisotopic (exact) mass is 445 g/mol. The molecule has 0 spiro atoms. The molecule has 0 saturated carbocycles. The van der Waals surface area contributed by atoms with Gasteiger partial charge in [0.1, 0.15) is 0 Å². The number of hydrogen-bond acceptors (Lipinski definition) is 6. The molecule has 30 heavy (non-hydrogen) atoms. The van der Waals surface area contributed by atoms with Crippen LogP contribution in [0.4, 0.5) is 10.8 Å². The summed E-state index contributed by atoms with van der Waals surface area (Å²) in [6.07, 6.45) is 3.05. The molecule has 0 aliphatic rings. The van der Waals surface area contributed by atoms with E-state index in [0.717, 1.165) is 10.2 Å². The van der Waals surface area contributed by atoms with Gasteiger partial charge in [-0.15, -0.1) is 0 Å². The van der Waals surface area contributed by atoms with Crippen LogP contribution in [0.25, 0.3) is 16.3 Å². The number of ether oxygens (including phenoxy) is 2. The van der Waals surface area contributed by atoms with Crippen molar-refractivity contribution in [1.29, 1.82) is 0 Å². The van der Waals surface area contributed by atoms with Crippen molar-refractivity contribution in [3.05, 3.63) is 47.0 Å². The first kappa shape index (κ1) is 21.6. The molecule has 7 nitrogen and oxygen atoms in total. The fourth-order valence-corrected chi connectivity index (χ4v) is 3.95. The molecule has 0 aliphatic heterocycles. The number of fused-ring (bicyclic) bond motifs is 1. The van der Waals surface area contributed by atoms with Gasteiger partial charge in [0, 0.05) is 18.7 Å². The quantitative estimate of drug-likeness (QED) is 0.501. The van der Waals surface area contributed by atoms with E-state index < -0.39 is 0 Å². The maximum atomic E-state index is 12.3. The summed E-state index contributed by atoms with van der Waals surface area (Å²) in [4.78, 5) is 27.8. The lowest BCUT2D eigenvalue weighted by molar-refractivity contribution is -0.114. The van der Waals surface area contributed by atoms with E-state index in [-0.39, 0.29) is 11.8 Å². The van der Waals surface area contributed by atoms with Crippen LogP contribution in [0, 0.1) is 0 Å². The number of halogens is 1. The summed E-state index contributed by atoms with van der Waals surface area (Å²) >= 11 is 7.57. The van der Waals surface area contributed by atoms with Crippen LogP contribution in [0.3, 0.4) is 0 Å². The Labute approximate surface area is 182 Å². The summed E-state index contributed by atoms with van der Waals surface area (Å²) in [5.74, 6) is 0.486. The minimum Gasteiger partial charge on any atom is -0.491 e. The van der Waals surface area contributed by atoms with Gasteiger partial charge in [-0.1, -0.05) is 22.9 Å². The highest BCUT2D eigenvalue weighted by atomic mass is 35.5. The van der Waals surface area contributed by atoms with Gasteiger partial charge in [-0.05, 0) is 48.9 Å². The topological polar surface area (TPSA) is 89.5 Å². The molecular weight excluding hydrogens is 426 g/mol. The van der Waals surface area contributed by atoms with Crippen LogP contribution in [-0.2, 0) is 9.59 Å². The Bertz CT molecular complexity index is 1130. The molecule has 2 N–H and O–H groups in total. The largest absolute Gasteiger partial charge is 0.491 e. The highest BCUT2D eigenvalue weighted by Crippen LogP contribution is 2.36. The SMILES string of the molecule is CCOc1cc(/C=C/C(=O)Nc2ccc3nc(NC(C)=O)sc3c2)cc(Cl)c1OC. The number of rotatable bonds is 7. The first-order valence-electron chi connectivity index (χ1n) is 9.07. The molecule has 0 saturated heterocycles. The Kier molecular flexibility index (Phi) is 6.91. The second-order valence-corrected chi connectivity index (χ2v) is 7.61. The summed E-state index contributed by atoms with van der Waals surface area (Å²) < 4.78 is 11.7. The lowest BCUT2D eigenvalue weighted by Crippen LogP contribution is -2.07. The third kappa shape index (κ3) is 5.28. The Morgan fingerprint density at radius 3 is 2.73 bits per heavy atom. The van der Waals surface area contributed by atoms with Crippen LogP contribution in [0.2, 0.25) is 5.02 Å². The Hall–Kier alpha value is -3.10. The van der Waals surface area contributed by atoms with E-state index in [1.165, 1.54) is 31.4 Å². The van der Waals surface area contributed by atoms with E-state index in [1.807, 2.05) is 13.0 Å². The molecular formula is C21H20ClN3O4S. The van der Waals surface area contributed by atoms with Crippen molar-refractivity contribution >= 4 is 61.9 Å². The predicted molar refractivity (Wildman–Crippen MR) is 121 cm³/mol. The van der Waals surface area contributed by atoms with Crippen LogP contribution in [0.5, 0.6) is 11.5 Å². The number of nitrogens with zero attached hydrogens (tertiary/aromatic N) is 1. The molecule has 0 bridgehead atoms. The zero-order valence-electron chi connectivity index (χ0n) is 16.6. The number of nitrogens with one attached hydrogen (secondary N) is 2. The summed E-state index contributed by atoms with van der Waals surface area (Å²) in [7, 11) is 1.52. The number of aromatic nitrogens is 1. The van der Waals surface area contributed by atoms with Gasteiger partial charge in [-0.3, -0.25) is 9.59 Å². The van der Waals surface area contributed by atoms with Crippen molar-refractivity contribution in [2.75, 3.05) is 24.4 Å². The number of carbonyl (C=O) groups excluding carboxylic acids is 2. The average Bonchev–Trinajstić information content (AvgIpc) is 3.07. The lowest BCUT2D eigenvalue weighted by atomic mass is 10.2. The van der Waals surface area contributed by atoms with Gasteiger partial charge in [-0.25, -0.2) is 4.98 Å². The van der Waals surface area contributed by atoms with Crippen molar-refractivity contribution in [3.8, 4) is 11.5 Å². The van der Waals surface area contributed by atoms with Gasteiger partial charge < -0.3 is 20.1 Å². The summed E-state index contributed by atoms with van der Waals surface area (Å²) in [5, 5.41) is 6.38. The predicted octanol–water partition coefficient (Wildman–Crippen LogP) is 4.97. The molecule has 2 aromatic carbocycles. The molecule has 3 rings (SSSR count). The van der Waals surface area contributed by atoms with E-state index >= 15 is 0 Å². The number of benzene rings is 2. The summed E-state index contributed by atoms with van der Waals surface area (Å²) in [5.41, 5.74) is 2.07. The average molecular weight is 446 g/mol. The Morgan fingerprint density at radius 1 is 1.23 bits per heavy atom. The first-order chi connectivity index (χ1) is 14.4. The number of thiazole rings is 1. The minimum absolute atomic E-state index is 0.182. The summed E-state index contributed by atoms with van der Waals surface area (Å²) in [6, 6.07) is 8.79. The fourth-order valence-electron chi connectivity index (χ4n) is 2.71. The highest BCUT2D eigenvalue weighted by Gasteiger charge is 2.11. The zero-order chi connectivity index (χ0) is 21.7. The number of amides is 2. The van der Waals surface area contributed by atoms with E-state index in [0.29, 0.717) is 39.5 Å². The zero-order valence-corrected chi connectivity index (χ0v) is 18.2. The standard InChI is InChI=1S/C21H20ClN3O4S/c1-4-29-17-10-13(9-15(22)20(17)28-3)5-8-19(27)24-14-6-7-16-18(11-14)30-21(25-16)23-12(2)26/h5-11H,4H2,1-3H3,(H,24,27)(H,23,25,26)/b8-5+. The number of anilines is 2. The van der Waals surface area contributed by atoms with Crippen LogP contribution >= 0.6 is 22.9 Å². The maximum absolute atomic E-state index is 12.3. The third-order valence-corrected chi connectivity index (χ3v) is 5.12. The van der Waals surface area contributed by atoms with Gasteiger partial charge in [0.2, 0.25) is 11.8 Å². The van der Waals surface area contributed by atoms with Crippen LogP contribution in [0.1, 0.15) is 19.4 Å². The first-order valence-corrected chi connectivity index (χ1v) is 10.3. The van der Waals surface area contributed by atoms with Crippen molar-refractivity contribution < 1.29 is 19.1 Å². The van der Waals surface area contributed by atoms with E-state index in [4.69, 9.17) is 21.1 Å². The summed E-state index contributed by atoms with van der Waals surface area (Å²) in [6.45, 7) is 3.75. The minimum atomic E-state index is -0.300. The van der Waals surface area contributed by atoms with Gasteiger partial charge >= 0.3 is 0 Å². The van der Waals surface area contributed by atoms with Crippen molar-refractivity contribution in [3.63, 3.8) is 0 Å². The van der Waals surface area contributed by atoms with E-state index in [2.05, 4.69) is 15.6 Å². The lowest BCUT2D eigenvalue weighted by Gasteiger charge is -2.11. The van der Waals surface area contributed by atoms with Gasteiger partial charge in [0.25, 0.3) is 0 Å². The second-order valence-electron chi connectivity index (χ2n) is 6.17. The molecule has 2 amide bonds. The van der Waals surface area contributed by atoms with Crippen LogP contribution in [-0.4, -0.2) is 30.5 Å². The number of methoxy groups -OCH3 is 1. The van der Waals surface area contributed by atoms with Crippen molar-refractivity contribution in [2.45, 2.75) is 13.8 Å². The Morgan fingerprint density at radius 2 is 2.03 bits per heavy atom. The van der Waals surface area contributed by atoms with Gasteiger partial charge in [0.05, 0.1) is 29.0 Å².